The zero-order valence-electron chi connectivity index (χ0n) is 19.8. The van der Waals surface area contributed by atoms with E-state index < -0.39 is 21.9 Å². The van der Waals surface area contributed by atoms with Crippen LogP contribution in [0.4, 0.5) is 10.1 Å². The Labute approximate surface area is 205 Å². The molecule has 2 rings (SSSR count). The zero-order valence-corrected chi connectivity index (χ0v) is 21.4. The lowest BCUT2D eigenvalue weighted by Gasteiger charge is -2.31. The fraction of sp³-hybridized carbons (Fsp3) is 0.417. The van der Waals surface area contributed by atoms with Crippen LogP contribution < -0.4 is 9.62 Å². The molecule has 0 aliphatic rings. The molecule has 34 heavy (non-hydrogen) atoms. The van der Waals surface area contributed by atoms with E-state index in [4.69, 9.17) is 11.6 Å². The molecule has 1 N–H and O–H groups in total. The molecule has 7 nitrogen and oxygen atoms in total. The number of rotatable bonds is 11. The van der Waals surface area contributed by atoms with E-state index >= 15 is 0 Å². The first-order chi connectivity index (χ1) is 16.0. The molecule has 10 heteroatoms. The van der Waals surface area contributed by atoms with Crippen LogP contribution in [0.15, 0.2) is 42.5 Å². The first-order valence-electron chi connectivity index (χ1n) is 11.0. The number of nitrogens with one attached hydrogen (secondary N) is 1. The van der Waals surface area contributed by atoms with E-state index in [0.717, 1.165) is 6.26 Å². The second-order valence-corrected chi connectivity index (χ2v) is 10.3. The van der Waals surface area contributed by atoms with Crippen molar-refractivity contribution in [2.75, 3.05) is 24.2 Å². The molecule has 0 spiro atoms. The van der Waals surface area contributed by atoms with Crippen molar-refractivity contribution in [2.45, 2.75) is 45.7 Å². The number of halogens is 2. The number of hydrogen-bond acceptors (Lipinski definition) is 4. The number of benzene rings is 2. The van der Waals surface area contributed by atoms with Gasteiger partial charge in [-0.2, -0.15) is 0 Å². The summed E-state index contributed by atoms with van der Waals surface area (Å²) in [5, 5.41) is 3.03. The fourth-order valence-corrected chi connectivity index (χ4v) is 4.91. The highest BCUT2D eigenvalue weighted by atomic mass is 35.5. The van der Waals surface area contributed by atoms with Gasteiger partial charge in [-0.3, -0.25) is 13.9 Å². The van der Waals surface area contributed by atoms with Gasteiger partial charge in [0.15, 0.2) is 0 Å². The first kappa shape index (κ1) is 27.6. The predicted octanol–water partition coefficient (Wildman–Crippen LogP) is 3.89. The monoisotopic (exact) mass is 511 g/mol. The lowest BCUT2D eigenvalue weighted by molar-refractivity contribution is -0.141. The number of sulfonamides is 1. The Hall–Kier alpha value is -2.65. The molecule has 2 aromatic rings. The maximum atomic E-state index is 13.3. The number of amides is 2. The third-order valence-electron chi connectivity index (χ3n) is 5.56. The molecule has 0 aliphatic heterocycles. The van der Waals surface area contributed by atoms with Gasteiger partial charge in [0.25, 0.3) is 0 Å². The Kier molecular flexibility index (Phi) is 9.88. The van der Waals surface area contributed by atoms with E-state index in [1.54, 1.807) is 44.2 Å². The van der Waals surface area contributed by atoms with Gasteiger partial charge in [0.05, 0.1) is 11.9 Å². The van der Waals surface area contributed by atoms with Crippen LogP contribution in [0.25, 0.3) is 0 Å². The van der Waals surface area contributed by atoms with Crippen LogP contribution >= 0.6 is 11.6 Å². The van der Waals surface area contributed by atoms with E-state index in [1.165, 1.54) is 28.4 Å². The molecule has 0 fully saturated rings. The quantitative estimate of drug-likeness (QED) is 0.496. The largest absolute Gasteiger partial charge is 0.357 e. The second kappa shape index (κ2) is 12.2. The van der Waals surface area contributed by atoms with Crippen molar-refractivity contribution in [3.05, 3.63) is 64.4 Å². The molecule has 0 aromatic heterocycles. The molecule has 0 radical (unpaired) electrons. The third kappa shape index (κ3) is 7.17. The van der Waals surface area contributed by atoms with Crippen molar-refractivity contribution in [2.24, 2.45) is 0 Å². The molecule has 0 aliphatic carbocycles. The smallest absolute Gasteiger partial charge is 0.242 e. The van der Waals surface area contributed by atoms with Gasteiger partial charge in [-0.1, -0.05) is 36.7 Å². The van der Waals surface area contributed by atoms with Crippen LogP contribution in [-0.4, -0.2) is 51.0 Å². The molecule has 0 saturated carbocycles. The van der Waals surface area contributed by atoms with Gasteiger partial charge in [-0.05, 0) is 55.2 Å². The summed E-state index contributed by atoms with van der Waals surface area (Å²) >= 11 is 6.17. The molecule has 0 unspecified atom stereocenters. The van der Waals surface area contributed by atoms with E-state index in [9.17, 15) is 22.4 Å². The summed E-state index contributed by atoms with van der Waals surface area (Å²) in [7, 11) is -2.11. The maximum absolute atomic E-state index is 13.3. The molecule has 2 amide bonds. The van der Waals surface area contributed by atoms with Crippen molar-refractivity contribution in [1.29, 1.82) is 0 Å². The number of carbonyl (C=O) groups is 2. The zero-order chi connectivity index (χ0) is 25.5. The minimum atomic E-state index is -3.62. The lowest BCUT2D eigenvalue weighted by atomic mass is 10.1. The Bertz CT molecular complexity index is 1110. The third-order valence-corrected chi connectivity index (χ3v) is 7.15. The fourth-order valence-electron chi connectivity index (χ4n) is 3.72. The summed E-state index contributed by atoms with van der Waals surface area (Å²) in [6, 6.07) is 10.1. The molecular weight excluding hydrogens is 481 g/mol. The van der Waals surface area contributed by atoms with Crippen LogP contribution in [-0.2, 0) is 26.2 Å². The van der Waals surface area contributed by atoms with Crippen molar-refractivity contribution in [3.8, 4) is 0 Å². The van der Waals surface area contributed by atoms with Crippen LogP contribution in [0.1, 0.15) is 37.3 Å². The van der Waals surface area contributed by atoms with Gasteiger partial charge in [0, 0.05) is 31.6 Å². The van der Waals surface area contributed by atoms with Crippen molar-refractivity contribution < 1.29 is 22.4 Å². The molecule has 2 aromatic carbocycles. The Morgan fingerprint density at radius 3 is 2.35 bits per heavy atom. The summed E-state index contributed by atoms with van der Waals surface area (Å²) in [5.41, 5.74) is 1.77. The molecular formula is C24H31ClFN3O4S. The highest BCUT2D eigenvalue weighted by Gasteiger charge is 2.28. The van der Waals surface area contributed by atoms with E-state index in [1.807, 2.05) is 0 Å². The number of carbonyl (C=O) groups excluding carboxylic acids is 2. The van der Waals surface area contributed by atoms with Gasteiger partial charge >= 0.3 is 0 Å². The van der Waals surface area contributed by atoms with Crippen molar-refractivity contribution in [1.82, 2.24) is 10.2 Å². The standard InChI is InChI=1S/C24H31ClFN3O4S/c1-5-21(24(31)27-3)28(16-18-11-13-19(26)14-12-18)23(30)10-7-15-29(34(4,32)33)22-9-6-8-20(25)17(22)2/h6,8-9,11-14,21H,5,7,10,15-16H2,1-4H3,(H,27,31)/t21-/m0/s1. The molecule has 0 saturated heterocycles. The number of likely N-dealkylation sites (N-methyl/N-ethyl adjacent to an activating group) is 1. The van der Waals surface area contributed by atoms with E-state index in [0.29, 0.717) is 28.3 Å². The van der Waals surface area contributed by atoms with Crippen molar-refractivity contribution in [3.63, 3.8) is 0 Å². The SMILES string of the molecule is CC[C@@H](C(=O)NC)N(Cc1ccc(F)cc1)C(=O)CCCN(c1cccc(Cl)c1C)S(C)(=O)=O. The average Bonchev–Trinajstić information content (AvgIpc) is 2.79. The van der Waals surface area contributed by atoms with Gasteiger partial charge in [0.2, 0.25) is 21.8 Å². The van der Waals surface area contributed by atoms with Crippen LogP contribution in [0.3, 0.4) is 0 Å². The van der Waals surface area contributed by atoms with E-state index in [-0.39, 0.29) is 37.7 Å². The Morgan fingerprint density at radius 1 is 1.15 bits per heavy atom. The van der Waals surface area contributed by atoms with Crippen LogP contribution in [0.5, 0.6) is 0 Å². The van der Waals surface area contributed by atoms with E-state index in [2.05, 4.69) is 5.32 Å². The van der Waals surface area contributed by atoms with Gasteiger partial charge in [0.1, 0.15) is 11.9 Å². The van der Waals surface area contributed by atoms with Gasteiger partial charge in [-0.15, -0.1) is 0 Å². The predicted molar refractivity (Wildman–Crippen MR) is 133 cm³/mol. The normalized spacial score (nSPS) is 12.2. The summed E-state index contributed by atoms with van der Waals surface area (Å²) in [4.78, 5) is 27.1. The minimum Gasteiger partial charge on any atom is -0.357 e. The number of anilines is 1. The number of hydrogen-bond donors (Lipinski definition) is 1. The number of nitrogens with zero attached hydrogens (tertiary/aromatic N) is 2. The molecule has 1 atom stereocenters. The highest BCUT2D eigenvalue weighted by Crippen LogP contribution is 2.28. The first-order valence-corrected chi connectivity index (χ1v) is 13.2. The molecule has 0 heterocycles. The van der Waals surface area contributed by atoms with Gasteiger partial charge in [-0.25, -0.2) is 12.8 Å². The molecule has 186 valence electrons. The topological polar surface area (TPSA) is 86.8 Å². The summed E-state index contributed by atoms with van der Waals surface area (Å²) in [5.74, 6) is -0.988. The minimum absolute atomic E-state index is 0.0281. The molecule has 0 bridgehead atoms. The highest BCUT2D eigenvalue weighted by molar-refractivity contribution is 7.92. The second-order valence-electron chi connectivity index (χ2n) is 8.01. The summed E-state index contributed by atoms with van der Waals surface area (Å²) in [6.07, 6.45) is 1.76. The van der Waals surface area contributed by atoms with Gasteiger partial charge < -0.3 is 10.2 Å². The Morgan fingerprint density at radius 2 is 1.79 bits per heavy atom. The van der Waals surface area contributed by atoms with Crippen LogP contribution in [0.2, 0.25) is 5.02 Å². The lowest BCUT2D eigenvalue weighted by Crippen LogP contribution is -2.48. The maximum Gasteiger partial charge on any atom is 0.242 e. The van der Waals surface area contributed by atoms with Crippen molar-refractivity contribution >= 4 is 39.1 Å². The van der Waals surface area contributed by atoms with Crippen LogP contribution in [0, 0.1) is 12.7 Å². The Balaban J connectivity index is 2.21. The average molecular weight is 512 g/mol. The summed E-state index contributed by atoms with van der Waals surface area (Å²) in [6.45, 7) is 3.75. The summed E-state index contributed by atoms with van der Waals surface area (Å²) < 4.78 is 39.5.